The normalized spacial score (nSPS) is 19.6. The summed E-state index contributed by atoms with van der Waals surface area (Å²) in [6.45, 7) is 5.16. The molecule has 0 spiro atoms. The van der Waals surface area contributed by atoms with Gasteiger partial charge in [-0.15, -0.1) is 0 Å². The number of nitrogens with one attached hydrogen (secondary N) is 1. The van der Waals surface area contributed by atoms with Crippen molar-refractivity contribution < 1.29 is 5.21 Å². The lowest BCUT2D eigenvalue weighted by Gasteiger charge is -2.23. The van der Waals surface area contributed by atoms with Crippen molar-refractivity contribution in [2.24, 2.45) is 16.3 Å². The van der Waals surface area contributed by atoms with Gasteiger partial charge in [-0.05, 0) is 32.2 Å². The second-order valence-corrected chi connectivity index (χ2v) is 6.82. The number of rotatable bonds is 7. The second kappa shape index (κ2) is 9.22. The largest absolute Gasteiger partial charge is 0.409 e. The minimum absolute atomic E-state index is 0.199. The third-order valence-electron chi connectivity index (χ3n) is 4.57. The highest BCUT2D eigenvalue weighted by Crippen LogP contribution is 2.23. The van der Waals surface area contributed by atoms with Gasteiger partial charge in [-0.1, -0.05) is 57.5 Å². The summed E-state index contributed by atoms with van der Waals surface area (Å²) in [4.78, 5) is 0. The lowest BCUT2D eigenvalue weighted by atomic mass is 9.86. The van der Waals surface area contributed by atoms with Crippen LogP contribution < -0.4 is 11.1 Å². The zero-order valence-corrected chi connectivity index (χ0v) is 13.3. The van der Waals surface area contributed by atoms with Crippen LogP contribution in [-0.2, 0) is 0 Å². The quantitative estimate of drug-likeness (QED) is 0.220. The fourth-order valence-corrected chi connectivity index (χ4v) is 2.92. The summed E-state index contributed by atoms with van der Waals surface area (Å²) >= 11 is 0. The number of unbranched alkanes of at least 4 members (excludes halogenated alkanes) is 1. The molecular weight excluding hydrogens is 250 g/mol. The molecular formula is C16H33N3O. The second-order valence-electron chi connectivity index (χ2n) is 6.82. The summed E-state index contributed by atoms with van der Waals surface area (Å²) in [5.74, 6) is 0.338. The van der Waals surface area contributed by atoms with E-state index in [1.165, 1.54) is 51.4 Å². The van der Waals surface area contributed by atoms with Crippen LogP contribution in [0, 0.1) is 5.41 Å². The van der Waals surface area contributed by atoms with Gasteiger partial charge < -0.3 is 16.3 Å². The summed E-state index contributed by atoms with van der Waals surface area (Å²) in [6, 6.07) is 0.729. The average Bonchev–Trinajstić information content (AvgIpc) is 2.39. The van der Waals surface area contributed by atoms with Gasteiger partial charge in [0.1, 0.15) is 5.84 Å². The summed E-state index contributed by atoms with van der Waals surface area (Å²) in [5.41, 5.74) is 5.50. The molecule has 1 saturated carbocycles. The maximum atomic E-state index is 8.74. The Kier molecular flexibility index (Phi) is 7.97. The third kappa shape index (κ3) is 6.60. The number of hydrogen-bond donors (Lipinski definition) is 3. The van der Waals surface area contributed by atoms with E-state index in [9.17, 15) is 0 Å². The Morgan fingerprint density at radius 1 is 1.15 bits per heavy atom. The smallest absolute Gasteiger partial charge is 0.144 e. The number of amidine groups is 1. The predicted molar refractivity (Wildman–Crippen MR) is 85.2 cm³/mol. The SMILES string of the molecule is CC(C)(CCCCNC1CCCCCCC1)C(N)=NO. The highest BCUT2D eigenvalue weighted by atomic mass is 16.4. The van der Waals surface area contributed by atoms with E-state index in [0.29, 0.717) is 5.84 Å². The van der Waals surface area contributed by atoms with Crippen molar-refractivity contribution in [2.45, 2.75) is 84.1 Å². The molecule has 0 aliphatic heterocycles. The number of oxime groups is 1. The molecule has 0 aromatic heterocycles. The van der Waals surface area contributed by atoms with E-state index in [2.05, 4.69) is 10.5 Å². The maximum absolute atomic E-state index is 8.74. The molecule has 118 valence electrons. The van der Waals surface area contributed by atoms with Crippen LogP contribution in [-0.4, -0.2) is 23.6 Å². The van der Waals surface area contributed by atoms with Gasteiger partial charge in [0.15, 0.2) is 0 Å². The van der Waals surface area contributed by atoms with Gasteiger partial charge in [0.05, 0.1) is 0 Å². The Balaban J connectivity index is 2.12. The average molecular weight is 283 g/mol. The topological polar surface area (TPSA) is 70.6 Å². The molecule has 0 heterocycles. The number of hydrogen-bond acceptors (Lipinski definition) is 3. The fraction of sp³-hybridized carbons (Fsp3) is 0.938. The van der Waals surface area contributed by atoms with Crippen molar-refractivity contribution in [1.29, 1.82) is 0 Å². The zero-order chi connectivity index (χ0) is 14.8. The van der Waals surface area contributed by atoms with Gasteiger partial charge in [-0.25, -0.2) is 0 Å². The Bertz CT molecular complexity index is 281. The fourth-order valence-electron chi connectivity index (χ4n) is 2.92. The van der Waals surface area contributed by atoms with Gasteiger partial charge in [-0.2, -0.15) is 0 Å². The van der Waals surface area contributed by atoms with Gasteiger partial charge >= 0.3 is 0 Å². The molecule has 0 unspecified atom stereocenters. The van der Waals surface area contributed by atoms with Crippen LogP contribution in [0.2, 0.25) is 0 Å². The van der Waals surface area contributed by atoms with Crippen molar-refractivity contribution in [3.63, 3.8) is 0 Å². The molecule has 20 heavy (non-hydrogen) atoms. The first-order valence-corrected chi connectivity index (χ1v) is 8.27. The molecule has 0 saturated heterocycles. The van der Waals surface area contributed by atoms with Crippen LogP contribution in [0.25, 0.3) is 0 Å². The van der Waals surface area contributed by atoms with Crippen LogP contribution in [0.5, 0.6) is 0 Å². The highest BCUT2D eigenvalue weighted by molar-refractivity contribution is 5.85. The molecule has 0 amide bonds. The first kappa shape index (κ1) is 17.3. The minimum atomic E-state index is -0.199. The number of nitrogens with zero attached hydrogens (tertiary/aromatic N) is 1. The van der Waals surface area contributed by atoms with Crippen molar-refractivity contribution in [2.75, 3.05) is 6.54 Å². The van der Waals surface area contributed by atoms with E-state index in [1.807, 2.05) is 13.8 Å². The highest BCUT2D eigenvalue weighted by Gasteiger charge is 2.22. The van der Waals surface area contributed by atoms with Crippen LogP contribution in [0.15, 0.2) is 5.16 Å². The molecule has 1 aliphatic carbocycles. The molecule has 4 heteroatoms. The maximum Gasteiger partial charge on any atom is 0.144 e. The Labute approximate surface area is 124 Å². The minimum Gasteiger partial charge on any atom is -0.409 e. The molecule has 1 fully saturated rings. The van der Waals surface area contributed by atoms with E-state index in [0.717, 1.165) is 25.4 Å². The van der Waals surface area contributed by atoms with E-state index >= 15 is 0 Å². The molecule has 0 radical (unpaired) electrons. The van der Waals surface area contributed by atoms with Gasteiger partial charge in [0.25, 0.3) is 0 Å². The van der Waals surface area contributed by atoms with Gasteiger partial charge in [0, 0.05) is 11.5 Å². The molecule has 0 aromatic rings. The van der Waals surface area contributed by atoms with Crippen LogP contribution in [0.1, 0.15) is 78.1 Å². The standard InChI is InChI=1S/C16H33N3O/c1-16(2,15(17)19-20)12-8-9-13-18-14-10-6-4-3-5-7-11-14/h14,18,20H,3-13H2,1-2H3,(H2,17,19). The van der Waals surface area contributed by atoms with Gasteiger partial charge in [0.2, 0.25) is 0 Å². The van der Waals surface area contributed by atoms with Crippen LogP contribution in [0.4, 0.5) is 0 Å². The lowest BCUT2D eigenvalue weighted by molar-refractivity contribution is 0.304. The van der Waals surface area contributed by atoms with Crippen LogP contribution in [0.3, 0.4) is 0 Å². The van der Waals surface area contributed by atoms with Crippen molar-refractivity contribution in [1.82, 2.24) is 5.32 Å². The Hall–Kier alpha value is -0.770. The van der Waals surface area contributed by atoms with Gasteiger partial charge in [-0.3, -0.25) is 0 Å². The number of nitrogens with two attached hydrogens (primary N) is 1. The molecule has 0 aromatic carbocycles. The van der Waals surface area contributed by atoms with E-state index in [-0.39, 0.29) is 5.41 Å². The first-order chi connectivity index (χ1) is 9.56. The Morgan fingerprint density at radius 2 is 1.75 bits per heavy atom. The van der Waals surface area contributed by atoms with Crippen molar-refractivity contribution in [3.05, 3.63) is 0 Å². The molecule has 4 nitrogen and oxygen atoms in total. The third-order valence-corrected chi connectivity index (χ3v) is 4.57. The van der Waals surface area contributed by atoms with Crippen LogP contribution >= 0.6 is 0 Å². The summed E-state index contributed by atoms with van der Waals surface area (Å²) in [6.07, 6.45) is 12.9. The molecule has 0 bridgehead atoms. The first-order valence-electron chi connectivity index (χ1n) is 8.27. The Morgan fingerprint density at radius 3 is 2.35 bits per heavy atom. The van der Waals surface area contributed by atoms with E-state index < -0.39 is 0 Å². The molecule has 1 rings (SSSR count). The molecule has 1 aliphatic rings. The van der Waals surface area contributed by atoms with Crippen molar-refractivity contribution >= 4 is 5.84 Å². The lowest BCUT2D eigenvalue weighted by Crippen LogP contribution is -2.33. The van der Waals surface area contributed by atoms with E-state index in [1.54, 1.807) is 0 Å². The summed E-state index contributed by atoms with van der Waals surface area (Å²) in [5, 5.41) is 15.6. The zero-order valence-electron chi connectivity index (χ0n) is 13.3. The van der Waals surface area contributed by atoms with E-state index in [4.69, 9.17) is 10.9 Å². The monoisotopic (exact) mass is 283 g/mol. The summed E-state index contributed by atoms with van der Waals surface area (Å²) < 4.78 is 0. The summed E-state index contributed by atoms with van der Waals surface area (Å²) in [7, 11) is 0. The molecule has 4 N–H and O–H groups in total. The molecule has 0 atom stereocenters. The van der Waals surface area contributed by atoms with Crippen molar-refractivity contribution in [3.8, 4) is 0 Å². The predicted octanol–water partition coefficient (Wildman–Crippen LogP) is 3.63.